The summed E-state index contributed by atoms with van der Waals surface area (Å²) in [4.78, 5) is 25.3. The Balaban J connectivity index is 1.52. The van der Waals surface area contributed by atoms with Crippen LogP contribution in [0.4, 0.5) is 5.69 Å². The summed E-state index contributed by atoms with van der Waals surface area (Å²) in [6.07, 6.45) is 0. The number of thioether (sulfide) groups is 1. The normalized spacial score (nSPS) is 11.8. The first kappa shape index (κ1) is 22.0. The lowest BCUT2D eigenvalue weighted by Gasteiger charge is -2.14. The molecule has 162 valence electrons. The Kier molecular flexibility index (Phi) is 6.82. The number of carbonyl (C=O) groups excluding carboxylic acids is 2. The fourth-order valence-electron chi connectivity index (χ4n) is 3.12. The van der Waals surface area contributed by atoms with Crippen molar-refractivity contribution in [2.24, 2.45) is 0 Å². The van der Waals surface area contributed by atoms with Crippen molar-refractivity contribution >= 4 is 40.5 Å². The van der Waals surface area contributed by atoms with Crippen molar-refractivity contribution in [1.82, 2.24) is 14.8 Å². The van der Waals surface area contributed by atoms with Gasteiger partial charge in [0, 0.05) is 11.3 Å². The van der Waals surface area contributed by atoms with Gasteiger partial charge in [-0.15, -0.1) is 21.5 Å². The fraction of sp³-hybridized carbons (Fsp3) is 0.167. The van der Waals surface area contributed by atoms with Crippen LogP contribution < -0.4 is 5.32 Å². The maximum absolute atomic E-state index is 12.8. The zero-order valence-electron chi connectivity index (χ0n) is 17.7. The van der Waals surface area contributed by atoms with E-state index >= 15 is 0 Å². The van der Waals surface area contributed by atoms with Crippen molar-refractivity contribution in [3.8, 4) is 10.7 Å². The van der Waals surface area contributed by atoms with E-state index in [4.69, 9.17) is 0 Å². The average molecular weight is 463 g/mol. The highest BCUT2D eigenvalue weighted by Crippen LogP contribution is 2.30. The molecular weight excluding hydrogens is 440 g/mol. The molecule has 6 nitrogen and oxygen atoms in total. The molecule has 1 amide bonds. The SMILES string of the molecule is CC(=O)c1ccc(NC(=O)C(C)Sc2nnc(-c3cccs3)n2Cc2ccccc2)cc1. The molecule has 1 N–H and O–H groups in total. The number of hydrogen-bond acceptors (Lipinski definition) is 6. The molecule has 2 heterocycles. The van der Waals surface area contributed by atoms with Crippen LogP contribution in [0.3, 0.4) is 0 Å². The van der Waals surface area contributed by atoms with Crippen LogP contribution >= 0.6 is 23.1 Å². The van der Waals surface area contributed by atoms with Gasteiger partial charge >= 0.3 is 0 Å². The lowest BCUT2D eigenvalue weighted by atomic mass is 10.1. The molecule has 4 aromatic rings. The molecular formula is C24H22N4O2S2. The number of ketones is 1. The van der Waals surface area contributed by atoms with Crippen molar-refractivity contribution in [2.45, 2.75) is 30.8 Å². The van der Waals surface area contributed by atoms with Gasteiger partial charge in [-0.05, 0) is 55.1 Å². The Bertz CT molecular complexity index is 1200. The van der Waals surface area contributed by atoms with Crippen molar-refractivity contribution < 1.29 is 9.59 Å². The van der Waals surface area contributed by atoms with Gasteiger partial charge in [-0.3, -0.25) is 14.2 Å². The summed E-state index contributed by atoms with van der Waals surface area (Å²) in [5, 5.41) is 14.0. The van der Waals surface area contributed by atoms with Crippen LogP contribution in [0.15, 0.2) is 77.3 Å². The van der Waals surface area contributed by atoms with E-state index in [1.807, 2.05) is 42.6 Å². The predicted molar refractivity (Wildman–Crippen MR) is 129 cm³/mol. The summed E-state index contributed by atoms with van der Waals surface area (Å²) >= 11 is 2.98. The molecule has 0 radical (unpaired) electrons. The van der Waals surface area contributed by atoms with E-state index < -0.39 is 5.25 Å². The Morgan fingerprint density at radius 1 is 1.03 bits per heavy atom. The Hall–Kier alpha value is -3.23. The van der Waals surface area contributed by atoms with Crippen molar-refractivity contribution in [3.63, 3.8) is 0 Å². The lowest BCUT2D eigenvalue weighted by Crippen LogP contribution is -2.23. The monoisotopic (exact) mass is 462 g/mol. The van der Waals surface area contributed by atoms with E-state index in [1.54, 1.807) is 35.6 Å². The second-order valence-corrected chi connectivity index (χ2v) is 9.49. The number of nitrogens with zero attached hydrogens (tertiary/aromatic N) is 3. The number of Topliss-reactive ketones (excluding diaryl/α,β-unsaturated/α-hetero) is 1. The van der Waals surface area contributed by atoms with Gasteiger partial charge in [0.25, 0.3) is 0 Å². The summed E-state index contributed by atoms with van der Waals surface area (Å²) in [6.45, 7) is 3.98. The minimum absolute atomic E-state index is 0.00824. The molecule has 1 atom stereocenters. The molecule has 0 fully saturated rings. The van der Waals surface area contributed by atoms with Gasteiger partial charge in [0.15, 0.2) is 16.8 Å². The van der Waals surface area contributed by atoms with E-state index in [0.29, 0.717) is 23.0 Å². The van der Waals surface area contributed by atoms with E-state index in [9.17, 15) is 9.59 Å². The highest BCUT2D eigenvalue weighted by atomic mass is 32.2. The van der Waals surface area contributed by atoms with Crippen LogP contribution in [0.5, 0.6) is 0 Å². The average Bonchev–Trinajstić information content (AvgIpc) is 3.45. The van der Waals surface area contributed by atoms with Gasteiger partial charge in [0.05, 0.1) is 16.7 Å². The summed E-state index contributed by atoms with van der Waals surface area (Å²) in [5.41, 5.74) is 2.40. The maximum atomic E-state index is 12.8. The number of hydrogen-bond donors (Lipinski definition) is 1. The number of thiophene rings is 1. The Morgan fingerprint density at radius 3 is 2.44 bits per heavy atom. The van der Waals surface area contributed by atoms with Crippen LogP contribution in [0.2, 0.25) is 0 Å². The number of rotatable bonds is 8. The first-order valence-electron chi connectivity index (χ1n) is 10.1. The highest BCUT2D eigenvalue weighted by molar-refractivity contribution is 8.00. The summed E-state index contributed by atoms with van der Waals surface area (Å²) in [6, 6.07) is 21.0. The molecule has 1 unspecified atom stereocenters. The second-order valence-electron chi connectivity index (χ2n) is 7.24. The largest absolute Gasteiger partial charge is 0.325 e. The van der Waals surface area contributed by atoms with Crippen LogP contribution in [-0.2, 0) is 11.3 Å². The van der Waals surface area contributed by atoms with Crippen LogP contribution in [0, 0.1) is 0 Å². The van der Waals surface area contributed by atoms with Crippen LogP contribution in [-0.4, -0.2) is 31.7 Å². The number of aromatic nitrogens is 3. The van der Waals surface area contributed by atoms with Gasteiger partial charge in [0.1, 0.15) is 0 Å². The summed E-state index contributed by atoms with van der Waals surface area (Å²) in [7, 11) is 0. The smallest absolute Gasteiger partial charge is 0.237 e. The third-order valence-electron chi connectivity index (χ3n) is 4.85. The molecule has 0 bridgehead atoms. The maximum Gasteiger partial charge on any atom is 0.237 e. The quantitative estimate of drug-likeness (QED) is 0.281. The zero-order chi connectivity index (χ0) is 22.5. The van der Waals surface area contributed by atoms with E-state index in [-0.39, 0.29) is 11.7 Å². The third kappa shape index (κ3) is 5.15. The van der Waals surface area contributed by atoms with Crippen LogP contribution in [0.25, 0.3) is 10.7 Å². The zero-order valence-corrected chi connectivity index (χ0v) is 19.3. The number of amides is 1. The van der Waals surface area contributed by atoms with E-state index in [2.05, 4.69) is 32.2 Å². The third-order valence-corrected chi connectivity index (χ3v) is 6.80. The lowest BCUT2D eigenvalue weighted by molar-refractivity contribution is -0.115. The molecule has 0 saturated carbocycles. The van der Waals surface area contributed by atoms with E-state index in [0.717, 1.165) is 16.3 Å². The van der Waals surface area contributed by atoms with Gasteiger partial charge in [0.2, 0.25) is 5.91 Å². The minimum Gasteiger partial charge on any atom is -0.325 e. The summed E-state index contributed by atoms with van der Waals surface area (Å²) < 4.78 is 2.05. The number of anilines is 1. The molecule has 0 aliphatic rings. The predicted octanol–water partition coefficient (Wildman–Crippen LogP) is 5.38. The molecule has 4 rings (SSSR count). The summed E-state index contributed by atoms with van der Waals surface area (Å²) in [5.74, 6) is 0.641. The number of benzene rings is 2. The number of nitrogens with one attached hydrogen (secondary N) is 1. The fourth-order valence-corrected chi connectivity index (χ4v) is 4.68. The molecule has 0 spiro atoms. The van der Waals surface area contributed by atoms with Gasteiger partial charge in [-0.25, -0.2) is 0 Å². The molecule has 32 heavy (non-hydrogen) atoms. The topological polar surface area (TPSA) is 76.9 Å². The van der Waals surface area contributed by atoms with Gasteiger partial charge in [-0.1, -0.05) is 48.2 Å². The first-order chi connectivity index (χ1) is 15.5. The van der Waals surface area contributed by atoms with Crippen molar-refractivity contribution in [3.05, 3.63) is 83.2 Å². The van der Waals surface area contributed by atoms with Crippen LogP contribution in [0.1, 0.15) is 29.8 Å². The molecule has 2 aromatic carbocycles. The van der Waals surface area contributed by atoms with E-state index in [1.165, 1.54) is 18.7 Å². The number of carbonyl (C=O) groups is 2. The molecule has 0 aliphatic carbocycles. The Morgan fingerprint density at radius 2 is 1.78 bits per heavy atom. The molecule has 2 aromatic heterocycles. The van der Waals surface area contributed by atoms with Gasteiger partial charge in [-0.2, -0.15) is 0 Å². The first-order valence-corrected chi connectivity index (χ1v) is 11.9. The highest BCUT2D eigenvalue weighted by Gasteiger charge is 2.21. The molecule has 0 saturated heterocycles. The Labute approximate surface area is 194 Å². The standard InChI is InChI=1S/C24H22N4O2S2/c1-16(29)19-10-12-20(13-11-19)25-23(30)17(2)32-24-27-26-22(21-9-6-14-31-21)28(24)15-18-7-4-3-5-8-18/h3-14,17H,15H2,1-2H3,(H,25,30). The van der Waals surface area contributed by atoms with Crippen molar-refractivity contribution in [1.29, 1.82) is 0 Å². The second kappa shape index (κ2) is 9.93. The molecule has 8 heteroatoms. The minimum atomic E-state index is -0.391. The molecule has 0 aliphatic heterocycles. The van der Waals surface area contributed by atoms with Crippen molar-refractivity contribution in [2.75, 3.05) is 5.32 Å². The van der Waals surface area contributed by atoms with Gasteiger partial charge < -0.3 is 5.32 Å².